The van der Waals surface area contributed by atoms with Gasteiger partial charge in [0.05, 0.1) is 21.7 Å². The lowest BCUT2D eigenvalue weighted by atomic mass is 9.79. The van der Waals surface area contributed by atoms with Crippen molar-refractivity contribution in [2.24, 2.45) is 0 Å². The number of pyridine rings is 1. The molecular weight excluding hydrogens is 472 g/mol. The molecule has 7 nitrogen and oxygen atoms in total. The van der Waals surface area contributed by atoms with Gasteiger partial charge in [-0.3, -0.25) is 14.3 Å². The first kappa shape index (κ1) is 24.8. The SMILES string of the molecule is CCN1CCN(C2(CNC(=O)c3cn(-c4ncccc4C#N)c4cccc(Cl)c34)CCCCC2)CC1. The average molecular weight is 505 g/mol. The van der Waals surface area contributed by atoms with Crippen molar-refractivity contribution in [3.8, 4) is 11.9 Å². The van der Waals surface area contributed by atoms with Crippen molar-refractivity contribution < 1.29 is 4.79 Å². The van der Waals surface area contributed by atoms with E-state index in [4.69, 9.17) is 11.6 Å². The van der Waals surface area contributed by atoms with Gasteiger partial charge in [0.15, 0.2) is 5.82 Å². The van der Waals surface area contributed by atoms with Gasteiger partial charge in [-0.05, 0) is 43.7 Å². The molecule has 0 unspecified atom stereocenters. The van der Waals surface area contributed by atoms with Crippen LogP contribution >= 0.6 is 11.6 Å². The predicted molar refractivity (Wildman–Crippen MR) is 143 cm³/mol. The second-order valence-electron chi connectivity index (χ2n) is 9.92. The molecule has 0 radical (unpaired) electrons. The molecule has 1 aromatic carbocycles. The topological polar surface area (TPSA) is 77.2 Å². The number of halogens is 1. The third kappa shape index (κ3) is 4.61. The summed E-state index contributed by atoms with van der Waals surface area (Å²) in [5, 5.41) is 14.1. The summed E-state index contributed by atoms with van der Waals surface area (Å²) < 4.78 is 1.80. The number of nitriles is 1. The molecule has 1 aliphatic heterocycles. The van der Waals surface area contributed by atoms with Gasteiger partial charge in [-0.2, -0.15) is 5.26 Å². The number of carbonyl (C=O) groups is 1. The number of carbonyl (C=O) groups excluding carboxylic acids is 1. The van der Waals surface area contributed by atoms with Gasteiger partial charge >= 0.3 is 0 Å². The summed E-state index contributed by atoms with van der Waals surface area (Å²) in [5.74, 6) is 0.349. The lowest BCUT2D eigenvalue weighted by Crippen LogP contribution is -2.61. The number of fused-ring (bicyclic) bond motifs is 1. The Labute approximate surface area is 217 Å². The Morgan fingerprint density at radius 3 is 2.64 bits per heavy atom. The minimum atomic E-state index is -0.140. The van der Waals surface area contributed by atoms with Crippen LogP contribution in [-0.4, -0.2) is 70.1 Å². The van der Waals surface area contributed by atoms with Crippen molar-refractivity contribution in [1.29, 1.82) is 5.26 Å². The molecule has 3 aromatic rings. The van der Waals surface area contributed by atoms with Crippen LogP contribution in [0.2, 0.25) is 5.02 Å². The van der Waals surface area contributed by atoms with E-state index in [-0.39, 0.29) is 11.4 Å². The summed E-state index contributed by atoms with van der Waals surface area (Å²) in [4.78, 5) is 23.2. The third-order valence-corrected chi connectivity index (χ3v) is 8.33. The zero-order valence-electron chi connectivity index (χ0n) is 20.8. The van der Waals surface area contributed by atoms with Gasteiger partial charge in [0.1, 0.15) is 6.07 Å². The van der Waals surface area contributed by atoms with Crippen LogP contribution in [0, 0.1) is 11.3 Å². The van der Waals surface area contributed by atoms with Gasteiger partial charge in [-0.1, -0.05) is 43.9 Å². The molecule has 1 amide bonds. The van der Waals surface area contributed by atoms with E-state index in [1.54, 1.807) is 35.2 Å². The molecular formula is C28H33ClN6O. The van der Waals surface area contributed by atoms with E-state index in [9.17, 15) is 10.1 Å². The van der Waals surface area contributed by atoms with Crippen LogP contribution < -0.4 is 5.32 Å². The highest BCUT2D eigenvalue weighted by Gasteiger charge is 2.39. The molecule has 2 fully saturated rings. The molecule has 1 saturated heterocycles. The molecule has 1 aliphatic carbocycles. The quantitative estimate of drug-likeness (QED) is 0.530. The van der Waals surface area contributed by atoms with Gasteiger partial charge in [0, 0.05) is 56.0 Å². The van der Waals surface area contributed by atoms with Gasteiger partial charge in [-0.15, -0.1) is 0 Å². The summed E-state index contributed by atoms with van der Waals surface area (Å²) >= 11 is 6.61. The predicted octanol–water partition coefficient (Wildman–Crippen LogP) is 4.62. The Kier molecular flexibility index (Phi) is 7.29. The van der Waals surface area contributed by atoms with Crippen molar-refractivity contribution in [2.75, 3.05) is 39.3 Å². The Morgan fingerprint density at radius 1 is 1.14 bits per heavy atom. The molecule has 1 saturated carbocycles. The van der Waals surface area contributed by atoms with Gasteiger partial charge in [0.25, 0.3) is 5.91 Å². The fourth-order valence-electron chi connectivity index (χ4n) is 5.96. The number of aromatic nitrogens is 2. The second kappa shape index (κ2) is 10.6. The van der Waals surface area contributed by atoms with E-state index in [0.717, 1.165) is 51.1 Å². The number of hydrogen-bond acceptors (Lipinski definition) is 5. The van der Waals surface area contributed by atoms with Crippen LogP contribution in [0.15, 0.2) is 42.7 Å². The fraction of sp³-hybridized carbons (Fsp3) is 0.464. The molecule has 2 aliphatic rings. The summed E-state index contributed by atoms with van der Waals surface area (Å²) in [6, 6.07) is 11.2. The van der Waals surface area contributed by atoms with E-state index >= 15 is 0 Å². The average Bonchev–Trinajstić information content (AvgIpc) is 3.33. The number of rotatable bonds is 6. The molecule has 5 rings (SSSR count). The Hall–Kier alpha value is -2.92. The highest BCUT2D eigenvalue weighted by molar-refractivity contribution is 6.37. The molecule has 0 atom stereocenters. The molecule has 3 heterocycles. The van der Waals surface area contributed by atoms with Crippen molar-refractivity contribution in [2.45, 2.75) is 44.6 Å². The first-order valence-corrected chi connectivity index (χ1v) is 13.3. The van der Waals surface area contributed by atoms with E-state index < -0.39 is 0 Å². The van der Waals surface area contributed by atoms with Gasteiger partial charge < -0.3 is 10.2 Å². The van der Waals surface area contributed by atoms with E-state index in [0.29, 0.717) is 33.9 Å². The summed E-state index contributed by atoms with van der Waals surface area (Å²) in [5.41, 5.74) is 1.71. The van der Waals surface area contributed by atoms with Crippen LogP contribution in [0.1, 0.15) is 54.9 Å². The highest BCUT2D eigenvalue weighted by Crippen LogP contribution is 2.35. The second-order valence-corrected chi connectivity index (χ2v) is 10.3. The number of nitrogens with zero attached hydrogens (tertiary/aromatic N) is 5. The standard InChI is InChI=1S/C28H33ClN6O/c1-2-33-14-16-34(17-15-33)28(11-4-3-5-12-28)20-32-27(36)22-19-35(24-10-6-9-23(29)25(22)24)26-21(18-30)8-7-13-31-26/h6-10,13,19H,2-5,11-12,14-17,20H2,1H3,(H,32,36). The number of piperazine rings is 1. The van der Waals surface area contributed by atoms with Crippen molar-refractivity contribution in [3.05, 3.63) is 58.9 Å². The summed E-state index contributed by atoms with van der Waals surface area (Å²) in [6.45, 7) is 8.20. The van der Waals surface area contributed by atoms with E-state index in [1.807, 2.05) is 12.1 Å². The van der Waals surface area contributed by atoms with Crippen LogP contribution in [0.25, 0.3) is 16.7 Å². The largest absolute Gasteiger partial charge is 0.350 e. The number of amides is 1. The number of likely N-dealkylation sites (N-methyl/N-ethyl adjacent to an activating group) is 1. The monoisotopic (exact) mass is 504 g/mol. The van der Waals surface area contributed by atoms with Crippen molar-refractivity contribution in [1.82, 2.24) is 24.7 Å². The van der Waals surface area contributed by atoms with Crippen LogP contribution in [-0.2, 0) is 0 Å². The molecule has 36 heavy (non-hydrogen) atoms. The van der Waals surface area contributed by atoms with Crippen LogP contribution in [0.5, 0.6) is 0 Å². The molecule has 188 valence electrons. The third-order valence-electron chi connectivity index (χ3n) is 8.01. The minimum Gasteiger partial charge on any atom is -0.350 e. The summed E-state index contributed by atoms with van der Waals surface area (Å²) in [6.07, 6.45) is 9.30. The zero-order valence-corrected chi connectivity index (χ0v) is 21.6. The van der Waals surface area contributed by atoms with E-state index in [2.05, 4.69) is 33.1 Å². The lowest BCUT2D eigenvalue weighted by Gasteiger charge is -2.50. The maximum absolute atomic E-state index is 13.7. The fourth-order valence-corrected chi connectivity index (χ4v) is 6.23. The zero-order chi connectivity index (χ0) is 25.1. The molecule has 1 N–H and O–H groups in total. The molecule has 2 aromatic heterocycles. The van der Waals surface area contributed by atoms with Gasteiger partial charge in [0.2, 0.25) is 0 Å². The Balaban J connectivity index is 1.44. The first-order chi connectivity index (χ1) is 17.6. The van der Waals surface area contributed by atoms with Crippen LogP contribution in [0.4, 0.5) is 0 Å². The van der Waals surface area contributed by atoms with Crippen molar-refractivity contribution >= 4 is 28.4 Å². The lowest BCUT2D eigenvalue weighted by molar-refractivity contribution is 0.00925. The number of hydrogen-bond donors (Lipinski definition) is 1. The molecule has 0 bridgehead atoms. The van der Waals surface area contributed by atoms with Crippen molar-refractivity contribution in [3.63, 3.8) is 0 Å². The molecule has 8 heteroatoms. The number of nitrogens with one attached hydrogen (secondary N) is 1. The Morgan fingerprint density at radius 2 is 1.92 bits per heavy atom. The Bertz CT molecular complexity index is 1280. The summed E-state index contributed by atoms with van der Waals surface area (Å²) in [7, 11) is 0. The normalized spacial score (nSPS) is 18.7. The maximum atomic E-state index is 13.7. The maximum Gasteiger partial charge on any atom is 0.253 e. The minimum absolute atomic E-state index is 0.00483. The first-order valence-electron chi connectivity index (χ1n) is 13.0. The van der Waals surface area contributed by atoms with E-state index in [1.165, 1.54) is 19.3 Å². The number of benzene rings is 1. The van der Waals surface area contributed by atoms with Crippen LogP contribution in [0.3, 0.4) is 0 Å². The smallest absolute Gasteiger partial charge is 0.253 e. The molecule has 0 spiro atoms. The van der Waals surface area contributed by atoms with Gasteiger partial charge in [-0.25, -0.2) is 4.98 Å². The highest BCUT2D eigenvalue weighted by atomic mass is 35.5.